The van der Waals surface area contributed by atoms with Gasteiger partial charge in [-0.1, -0.05) is 36.4 Å². The van der Waals surface area contributed by atoms with Gasteiger partial charge in [0.1, 0.15) is 11.5 Å². The smallest absolute Gasteiger partial charge is 0.339 e. The number of anilines is 2. The van der Waals surface area contributed by atoms with Crippen LogP contribution in [0.25, 0.3) is 0 Å². The Labute approximate surface area is 207 Å². The van der Waals surface area contributed by atoms with Crippen molar-refractivity contribution in [3.8, 4) is 11.5 Å². The minimum Gasteiger partial charge on any atom is -0.493 e. The van der Waals surface area contributed by atoms with E-state index in [9.17, 15) is 19.5 Å². The number of nitrogens with zero attached hydrogens (tertiary/aromatic N) is 2. The minimum atomic E-state index is -1.26. The largest absolute Gasteiger partial charge is 0.493 e. The maximum absolute atomic E-state index is 13.8. The number of para-hydroxylation sites is 1. The molecule has 9 nitrogen and oxygen atoms in total. The van der Waals surface area contributed by atoms with Crippen molar-refractivity contribution in [2.75, 3.05) is 24.2 Å². The summed E-state index contributed by atoms with van der Waals surface area (Å²) in [6, 6.07) is 18.2. The summed E-state index contributed by atoms with van der Waals surface area (Å²) < 4.78 is 10.7. The number of methoxy groups -OCH3 is 2. The minimum absolute atomic E-state index is 0.0197. The molecule has 2 aliphatic heterocycles. The predicted molar refractivity (Wildman–Crippen MR) is 130 cm³/mol. The number of carboxylic acids is 1. The van der Waals surface area contributed by atoms with E-state index < -0.39 is 35.8 Å². The molecule has 0 aliphatic carbocycles. The van der Waals surface area contributed by atoms with E-state index in [-0.39, 0.29) is 22.6 Å². The fraction of sp³-hybridized carbons (Fsp3) is 0.222. The fourth-order valence-corrected chi connectivity index (χ4v) is 4.96. The van der Waals surface area contributed by atoms with Crippen LogP contribution in [0.1, 0.15) is 27.5 Å². The average Bonchev–Trinajstić information content (AvgIpc) is 3.39. The molecule has 0 spiro atoms. The standard InChI is InChI=1S/C27H24N2O7/c1-15-8-7-11-17(14-15)28-25(30)21-22(18-12-13-19(34-2)23(35-3)20(18)27(32)33)29(36-24(21)26(28)31)16-9-5-4-6-10-16/h4-14,21-22,24H,1-3H3,(H,32,33)/t21-,22-,24+/m1/s1. The van der Waals surface area contributed by atoms with Crippen LogP contribution in [0.2, 0.25) is 0 Å². The summed E-state index contributed by atoms with van der Waals surface area (Å²) in [5.74, 6) is -2.97. The molecule has 0 bridgehead atoms. The number of carbonyl (C=O) groups excluding carboxylic acids is 2. The van der Waals surface area contributed by atoms with Crippen molar-refractivity contribution in [1.29, 1.82) is 0 Å². The number of imide groups is 1. The topological polar surface area (TPSA) is 106 Å². The van der Waals surface area contributed by atoms with Crippen LogP contribution >= 0.6 is 0 Å². The molecule has 0 unspecified atom stereocenters. The van der Waals surface area contributed by atoms with E-state index in [2.05, 4.69) is 0 Å². The lowest BCUT2D eigenvalue weighted by atomic mass is 9.87. The first-order valence-electron chi connectivity index (χ1n) is 11.3. The van der Waals surface area contributed by atoms with Crippen molar-refractivity contribution < 1.29 is 33.8 Å². The Kier molecular flexibility index (Phi) is 5.85. The highest BCUT2D eigenvalue weighted by Gasteiger charge is 2.61. The second-order valence-electron chi connectivity index (χ2n) is 8.58. The lowest BCUT2D eigenvalue weighted by molar-refractivity contribution is -0.126. The van der Waals surface area contributed by atoms with Crippen molar-refractivity contribution in [1.82, 2.24) is 0 Å². The summed E-state index contributed by atoms with van der Waals surface area (Å²) in [7, 11) is 2.76. The van der Waals surface area contributed by atoms with Crippen molar-refractivity contribution in [2.24, 2.45) is 5.92 Å². The van der Waals surface area contributed by atoms with Gasteiger partial charge in [-0.3, -0.25) is 14.4 Å². The molecule has 3 aromatic rings. The second-order valence-corrected chi connectivity index (χ2v) is 8.58. The zero-order valence-electron chi connectivity index (χ0n) is 19.9. The molecule has 2 fully saturated rings. The van der Waals surface area contributed by atoms with E-state index >= 15 is 0 Å². The van der Waals surface area contributed by atoms with Gasteiger partial charge >= 0.3 is 5.97 Å². The number of aryl methyl sites for hydroxylation is 1. The van der Waals surface area contributed by atoms with E-state index in [4.69, 9.17) is 14.3 Å². The van der Waals surface area contributed by atoms with Gasteiger partial charge in [0.2, 0.25) is 5.91 Å². The van der Waals surface area contributed by atoms with Crippen LogP contribution in [-0.2, 0) is 14.4 Å². The molecular formula is C27H24N2O7. The van der Waals surface area contributed by atoms with Gasteiger partial charge in [-0.05, 0) is 48.4 Å². The van der Waals surface area contributed by atoms with Gasteiger partial charge in [0.25, 0.3) is 5.91 Å². The number of hydroxylamine groups is 1. The van der Waals surface area contributed by atoms with E-state index in [0.29, 0.717) is 11.4 Å². The number of hydrogen-bond acceptors (Lipinski definition) is 7. The van der Waals surface area contributed by atoms with Crippen LogP contribution in [0.3, 0.4) is 0 Å². The number of amides is 2. The zero-order valence-corrected chi connectivity index (χ0v) is 19.9. The van der Waals surface area contributed by atoms with Gasteiger partial charge in [-0.15, -0.1) is 0 Å². The van der Waals surface area contributed by atoms with Gasteiger partial charge in [-0.2, -0.15) is 0 Å². The maximum atomic E-state index is 13.8. The van der Waals surface area contributed by atoms with E-state index in [1.54, 1.807) is 54.6 Å². The molecule has 0 radical (unpaired) electrons. The van der Waals surface area contributed by atoms with Gasteiger partial charge < -0.3 is 14.6 Å². The number of benzene rings is 3. The third-order valence-corrected chi connectivity index (χ3v) is 6.50. The third kappa shape index (κ3) is 3.56. The van der Waals surface area contributed by atoms with Crippen LogP contribution in [0.4, 0.5) is 11.4 Å². The lowest BCUT2D eigenvalue weighted by Crippen LogP contribution is -2.37. The molecule has 0 saturated carbocycles. The highest BCUT2D eigenvalue weighted by Crippen LogP contribution is 2.50. The van der Waals surface area contributed by atoms with Crippen LogP contribution in [0.15, 0.2) is 66.7 Å². The van der Waals surface area contributed by atoms with Crippen LogP contribution in [-0.4, -0.2) is 43.2 Å². The quantitative estimate of drug-likeness (QED) is 0.523. The summed E-state index contributed by atoms with van der Waals surface area (Å²) in [5.41, 5.74) is 2.01. The Bertz CT molecular complexity index is 1360. The second kappa shape index (κ2) is 9.01. The lowest BCUT2D eigenvalue weighted by Gasteiger charge is -2.30. The number of hydrogen-bond donors (Lipinski definition) is 1. The Morgan fingerprint density at radius 1 is 0.917 bits per heavy atom. The molecule has 9 heteroatoms. The summed E-state index contributed by atoms with van der Waals surface area (Å²) >= 11 is 0. The van der Waals surface area contributed by atoms with Gasteiger partial charge in [0.05, 0.1) is 31.6 Å². The molecule has 2 aliphatic rings. The summed E-state index contributed by atoms with van der Waals surface area (Å²) in [6.07, 6.45) is -1.13. The first kappa shape index (κ1) is 23.4. The molecule has 2 saturated heterocycles. The normalized spacial score (nSPS) is 21.0. The summed E-state index contributed by atoms with van der Waals surface area (Å²) in [4.78, 5) is 47.0. The summed E-state index contributed by atoms with van der Waals surface area (Å²) in [5, 5.41) is 11.6. The molecule has 2 heterocycles. The molecule has 3 aromatic carbocycles. The van der Waals surface area contributed by atoms with Crippen molar-refractivity contribution in [3.05, 3.63) is 83.4 Å². The Morgan fingerprint density at radius 3 is 2.28 bits per heavy atom. The van der Waals surface area contributed by atoms with E-state index in [1.807, 2.05) is 19.1 Å². The number of carboxylic acid groups (broad SMARTS) is 1. The zero-order chi connectivity index (χ0) is 25.6. The molecule has 36 heavy (non-hydrogen) atoms. The maximum Gasteiger partial charge on any atom is 0.339 e. The number of ether oxygens (including phenoxy) is 2. The number of rotatable bonds is 6. The molecule has 0 aromatic heterocycles. The molecule has 5 rings (SSSR count). The number of fused-ring (bicyclic) bond motifs is 1. The van der Waals surface area contributed by atoms with Crippen LogP contribution < -0.4 is 19.4 Å². The highest BCUT2D eigenvalue weighted by atomic mass is 16.7. The Hall–Kier alpha value is -4.37. The van der Waals surface area contributed by atoms with Crippen molar-refractivity contribution in [3.63, 3.8) is 0 Å². The number of aromatic carboxylic acids is 1. The molecule has 3 atom stereocenters. The van der Waals surface area contributed by atoms with E-state index in [1.165, 1.54) is 19.3 Å². The van der Waals surface area contributed by atoms with Crippen LogP contribution in [0.5, 0.6) is 11.5 Å². The predicted octanol–water partition coefficient (Wildman–Crippen LogP) is 3.76. The van der Waals surface area contributed by atoms with Gasteiger partial charge in [0.15, 0.2) is 17.6 Å². The van der Waals surface area contributed by atoms with Crippen LogP contribution in [0, 0.1) is 12.8 Å². The molecule has 2 amide bonds. The third-order valence-electron chi connectivity index (χ3n) is 6.50. The number of carbonyl (C=O) groups is 3. The van der Waals surface area contributed by atoms with Crippen molar-refractivity contribution in [2.45, 2.75) is 19.1 Å². The highest BCUT2D eigenvalue weighted by molar-refractivity contribution is 6.24. The SMILES string of the molecule is COc1ccc([C@@H]2[C@H]3C(=O)N(c4cccc(C)c4)C(=O)[C@H]3ON2c2ccccc2)c(C(=O)O)c1OC. The fourth-order valence-electron chi connectivity index (χ4n) is 4.96. The Balaban J connectivity index is 1.69. The molecule has 1 N–H and O–H groups in total. The first-order chi connectivity index (χ1) is 17.4. The molecule has 184 valence electrons. The monoisotopic (exact) mass is 488 g/mol. The first-order valence-corrected chi connectivity index (χ1v) is 11.3. The summed E-state index contributed by atoms with van der Waals surface area (Å²) in [6.45, 7) is 1.87. The van der Waals surface area contributed by atoms with Crippen molar-refractivity contribution >= 4 is 29.2 Å². The average molecular weight is 488 g/mol. The molecular weight excluding hydrogens is 464 g/mol. The Morgan fingerprint density at radius 2 is 1.64 bits per heavy atom. The van der Waals surface area contributed by atoms with E-state index in [0.717, 1.165) is 10.5 Å². The van der Waals surface area contributed by atoms with Gasteiger partial charge in [-0.25, -0.2) is 14.8 Å². The van der Waals surface area contributed by atoms with Gasteiger partial charge in [0, 0.05) is 0 Å².